The van der Waals surface area contributed by atoms with E-state index >= 15 is 0 Å². The number of nitrogens with two attached hydrogens (primary N) is 1. The van der Waals surface area contributed by atoms with Crippen LogP contribution in [0.2, 0.25) is 0 Å². The van der Waals surface area contributed by atoms with Gasteiger partial charge in [-0.1, -0.05) is 6.92 Å². The zero-order valence-electron chi connectivity index (χ0n) is 11.1. The Hall–Kier alpha value is -2.21. The molecule has 0 radical (unpaired) electrons. The van der Waals surface area contributed by atoms with Crippen molar-refractivity contribution in [2.45, 2.75) is 32.7 Å². The van der Waals surface area contributed by atoms with Gasteiger partial charge in [0.15, 0.2) is 5.82 Å². The van der Waals surface area contributed by atoms with E-state index in [2.05, 4.69) is 29.1 Å². The summed E-state index contributed by atoms with van der Waals surface area (Å²) in [7, 11) is 0. The lowest BCUT2D eigenvalue weighted by atomic mass is 10.0. The number of rotatable bonds is 3. The number of aromatic nitrogens is 2. The molecule has 0 spiro atoms. The van der Waals surface area contributed by atoms with Crippen LogP contribution in [0.3, 0.4) is 0 Å². The minimum absolute atomic E-state index is 0.340. The summed E-state index contributed by atoms with van der Waals surface area (Å²) >= 11 is 0. The molecule has 0 saturated carbocycles. The third-order valence-corrected chi connectivity index (χ3v) is 3.48. The van der Waals surface area contributed by atoms with Gasteiger partial charge >= 0.3 is 0 Å². The first-order chi connectivity index (χ1) is 9.17. The highest BCUT2D eigenvalue weighted by atomic mass is 15.4. The summed E-state index contributed by atoms with van der Waals surface area (Å²) in [5.74, 6) is 1.64. The maximum Gasteiger partial charge on any atom is 0.170 e. The van der Waals surface area contributed by atoms with Gasteiger partial charge in [-0.2, -0.15) is 15.6 Å². The van der Waals surface area contributed by atoms with E-state index in [1.54, 1.807) is 4.68 Å². The Labute approximate surface area is 113 Å². The second-order valence-electron chi connectivity index (χ2n) is 5.02. The molecule has 1 atom stereocenters. The lowest BCUT2D eigenvalue weighted by Gasteiger charge is -2.31. The fourth-order valence-electron chi connectivity index (χ4n) is 2.50. The number of aryl methyl sites for hydroxylation is 1. The molecule has 0 amide bonds. The molecule has 1 saturated heterocycles. The Kier molecular flexibility index (Phi) is 3.91. The van der Waals surface area contributed by atoms with Crippen LogP contribution in [0.25, 0.3) is 0 Å². The van der Waals surface area contributed by atoms with Crippen molar-refractivity contribution in [3.63, 3.8) is 0 Å². The zero-order valence-corrected chi connectivity index (χ0v) is 11.1. The fraction of sp³-hybridized carbons (Fsp3) is 0.615. The van der Waals surface area contributed by atoms with Gasteiger partial charge in [0.05, 0.1) is 19.0 Å². The zero-order chi connectivity index (χ0) is 13.8. The highest BCUT2D eigenvalue weighted by molar-refractivity contribution is 5.65. The Morgan fingerprint density at radius 2 is 2.26 bits per heavy atom. The van der Waals surface area contributed by atoms with Gasteiger partial charge in [-0.05, 0) is 18.8 Å². The van der Waals surface area contributed by atoms with Crippen LogP contribution in [0.15, 0.2) is 0 Å². The second-order valence-corrected chi connectivity index (χ2v) is 5.02. The van der Waals surface area contributed by atoms with Gasteiger partial charge < -0.3 is 10.6 Å². The summed E-state index contributed by atoms with van der Waals surface area (Å²) in [6.45, 7) is 4.45. The second kappa shape index (κ2) is 5.62. The molecule has 2 rings (SSSR count). The number of nitriles is 2. The van der Waals surface area contributed by atoms with Gasteiger partial charge in [-0.25, -0.2) is 4.68 Å². The lowest BCUT2D eigenvalue weighted by molar-refractivity contribution is 0.442. The highest BCUT2D eigenvalue weighted by Gasteiger charge is 2.24. The van der Waals surface area contributed by atoms with Crippen LogP contribution in [-0.4, -0.2) is 22.9 Å². The van der Waals surface area contributed by atoms with Gasteiger partial charge in [0.1, 0.15) is 17.5 Å². The molecule has 0 aromatic carbocycles. The molecule has 1 aromatic rings. The van der Waals surface area contributed by atoms with Gasteiger partial charge in [0.2, 0.25) is 0 Å². The average Bonchev–Trinajstić information content (AvgIpc) is 2.73. The first-order valence-corrected chi connectivity index (χ1v) is 6.55. The van der Waals surface area contributed by atoms with Crippen molar-refractivity contribution in [1.29, 1.82) is 10.5 Å². The first-order valence-electron chi connectivity index (χ1n) is 6.55. The number of hydrogen-bond acceptors (Lipinski definition) is 5. The standard InChI is InChI=1S/C13H18N6/c1-10-4-2-6-18(9-10)13-11(8-15)12(16)19(17-13)7-3-5-14/h10H,2-4,6-7,9,16H2,1H3. The smallest absolute Gasteiger partial charge is 0.170 e. The Morgan fingerprint density at radius 3 is 2.89 bits per heavy atom. The van der Waals surface area contributed by atoms with E-state index in [1.165, 1.54) is 6.42 Å². The maximum atomic E-state index is 9.26. The summed E-state index contributed by atoms with van der Waals surface area (Å²) in [6.07, 6.45) is 2.66. The van der Waals surface area contributed by atoms with Crippen molar-refractivity contribution < 1.29 is 0 Å². The van der Waals surface area contributed by atoms with Gasteiger partial charge in [-0.15, -0.1) is 0 Å². The quantitative estimate of drug-likeness (QED) is 0.886. The number of nitrogens with zero attached hydrogens (tertiary/aromatic N) is 5. The Balaban J connectivity index is 2.29. The number of nitrogen functional groups attached to an aromatic ring is 1. The summed E-state index contributed by atoms with van der Waals surface area (Å²) < 4.78 is 1.57. The average molecular weight is 258 g/mol. The lowest BCUT2D eigenvalue weighted by Crippen LogP contribution is -2.35. The third kappa shape index (κ3) is 2.63. The van der Waals surface area contributed by atoms with E-state index in [0.29, 0.717) is 36.1 Å². The van der Waals surface area contributed by atoms with Gasteiger partial charge in [0.25, 0.3) is 0 Å². The van der Waals surface area contributed by atoms with Crippen LogP contribution in [0.5, 0.6) is 0 Å². The Morgan fingerprint density at radius 1 is 1.47 bits per heavy atom. The summed E-state index contributed by atoms with van der Waals surface area (Å²) in [4.78, 5) is 2.13. The molecule has 1 aliphatic heterocycles. The molecular weight excluding hydrogens is 240 g/mol. The van der Waals surface area contributed by atoms with Crippen molar-refractivity contribution in [2.75, 3.05) is 23.7 Å². The molecule has 0 bridgehead atoms. The molecule has 2 N–H and O–H groups in total. The van der Waals surface area contributed by atoms with Crippen LogP contribution in [0.4, 0.5) is 11.6 Å². The van der Waals surface area contributed by atoms with E-state index in [0.717, 1.165) is 19.5 Å². The molecular formula is C13H18N6. The van der Waals surface area contributed by atoms with Crippen molar-refractivity contribution in [3.05, 3.63) is 5.56 Å². The van der Waals surface area contributed by atoms with E-state index < -0.39 is 0 Å². The van der Waals surface area contributed by atoms with Gasteiger partial charge in [0, 0.05) is 13.1 Å². The normalized spacial score (nSPS) is 18.9. The van der Waals surface area contributed by atoms with E-state index in [-0.39, 0.29) is 0 Å². The molecule has 0 aliphatic carbocycles. The summed E-state index contributed by atoms with van der Waals surface area (Å²) in [6, 6.07) is 4.20. The largest absolute Gasteiger partial charge is 0.383 e. The maximum absolute atomic E-state index is 9.26. The Bertz CT molecular complexity index is 533. The number of hydrogen-bond donors (Lipinski definition) is 1. The van der Waals surface area contributed by atoms with Gasteiger partial charge in [-0.3, -0.25) is 0 Å². The molecule has 1 aromatic heterocycles. The SMILES string of the molecule is CC1CCCN(c2nn(CCC#N)c(N)c2C#N)C1. The molecule has 2 heterocycles. The van der Waals surface area contributed by atoms with Crippen LogP contribution < -0.4 is 10.6 Å². The van der Waals surface area contributed by atoms with E-state index in [4.69, 9.17) is 11.0 Å². The van der Waals surface area contributed by atoms with Crippen molar-refractivity contribution in [2.24, 2.45) is 5.92 Å². The van der Waals surface area contributed by atoms with Crippen LogP contribution in [0, 0.1) is 28.6 Å². The molecule has 1 fully saturated rings. The van der Waals surface area contributed by atoms with Crippen LogP contribution in [-0.2, 0) is 6.54 Å². The topological polar surface area (TPSA) is 94.7 Å². The predicted molar refractivity (Wildman–Crippen MR) is 72.2 cm³/mol. The molecule has 1 unspecified atom stereocenters. The fourth-order valence-corrected chi connectivity index (χ4v) is 2.50. The minimum Gasteiger partial charge on any atom is -0.383 e. The summed E-state index contributed by atoms with van der Waals surface area (Å²) in [5.41, 5.74) is 6.38. The summed E-state index contributed by atoms with van der Waals surface area (Å²) in [5, 5.41) is 22.3. The highest BCUT2D eigenvalue weighted by Crippen LogP contribution is 2.28. The molecule has 6 heteroatoms. The predicted octanol–water partition coefficient (Wildman–Crippen LogP) is 1.49. The van der Waals surface area contributed by atoms with Crippen LogP contribution >= 0.6 is 0 Å². The van der Waals surface area contributed by atoms with Crippen LogP contribution in [0.1, 0.15) is 31.7 Å². The molecule has 1 aliphatic rings. The molecule has 19 heavy (non-hydrogen) atoms. The van der Waals surface area contributed by atoms with Crippen molar-refractivity contribution in [3.8, 4) is 12.1 Å². The first kappa shape index (κ1) is 13.2. The molecule has 100 valence electrons. The molecule has 6 nitrogen and oxygen atoms in total. The van der Waals surface area contributed by atoms with Crippen molar-refractivity contribution >= 4 is 11.6 Å². The van der Waals surface area contributed by atoms with E-state index in [1.807, 2.05) is 0 Å². The monoisotopic (exact) mass is 258 g/mol. The van der Waals surface area contributed by atoms with Crippen molar-refractivity contribution in [1.82, 2.24) is 9.78 Å². The number of piperidine rings is 1. The van der Waals surface area contributed by atoms with E-state index in [9.17, 15) is 5.26 Å². The minimum atomic E-state index is 0.340. The number of anilines is 2. The third-order valence-electron chi connectivity index (χ3n) is 3.48.